The van der Waals surface area contributed by atoms with Crippen LogP contribution in [0.1, 0.15) is 0 Å². The monoisotopic (exact) mass is 215 g/mol. The number of carboxylic acid groups (broad SMARTS) is 1. The van der Waals surface area contributed by atoms with Crippen molar-refractivity contribution >= 4 is 6.09 Å². The van der Waals surface area contributed by atoms with Gasteiger partial charge < -0.3 is 10.8 Å². The normalized spacial score (nSPS) is 8.75. The Morgan fingerprint density at radius 1 is 0.812 bits per heavy atom. The molecule has 0 atom stereocenters. The van der Waals surface area contributed by atoms with Gasteiger partial charge >= 0.3 is 6.09 Å². The van der Waals surface area contributed by atoms with Gasteiger partial charge in [-0.3, -0.25) is 0 Å². The van der Waals surface area contributed by atoms with Crippen molar-refractivity contribution in [1.29, 1.82) is 0 Å². The van der Waals surface area contributed by atoms with Crippen LogP contribution in [0.25, 0.3) is 11.1 Å². The van der Waals surface area contributed by atoms with E-state index < -0.39 is 6.09 Å². The summed E-state index contributed by atoms with van der Waals surface area (Å²) in [4.78, 5) is 8.78. The van der Waals surface area contributed by atoms with E-state index in [-0.39, 0.29) is 0 Å². The quantitative estimate of drug-likeness (QED) is 0.768. The van der Waals surface area contributed by atoms with Crippen LogP contribution < -0.4 is 5.73 Å². The first-order valence-corrected chi connectivity index (χ1v) is 4.79. The van der Waals surface area contributed by atoms with Crippen LogP contribution >= 0.6 is 0 Å². The predicted molar refractivity (Wildman–Crippen MR) is 64.1 cm³/mol. The van der Waals surface area contributed by atoms with E-state index in [1.54, 1.807) is 0 Å². The summed E-state index contributed by atoms with van der Waals surface area (Å²) >= 11 is 0. The summed E-state index contributed by atoms with van der Waals surface area (Å²) in [5, 5.41) is 7.19. The Morgan fingerprint density at radius 2 is 1.06 bits per heavy atom. The van der Waals surface area contributed by atoms with Crippen molar-refractivity contribution in [1.82, 2.24) is 0 Å². The Morgan fingerprint density at radius 3 is 1.31 bits per heavy atom. The van der Waals surface area contributed by atoms with Gasteiger partial charge in [0.1, 0.15) is 0 Å². The predicted octanol–water partition coefficient (Wildman–Crippen LogP) is 2.98. The topological polar surface area (TPSA) is 63.3 Å². The number of carbonyl (C=O) groups is 1. The van der Waals surface area contributed by atoms with Gasteiger partial charge in [-0.25, -0.2) is 4.79 Å². The second-order valence-corrected chi connectivity index (χ2v) is 3.07. The summed E-state index contributed by atoms with van der Waals surface area (Å²) in [7, 11) is 0. The van der Waals surface area contributed by atoms with Crippen molar-refractivity contribution in [2.24, 2.45) is 5.73 Å². The second kappa shape index (κ2) is 6.24. The fraction of sp³-hybridized carbons (Fsp3) is 0. The molecular weight excluding hydrogens is 202 g/mol. The lowest BCUT2D eigenvalue weighted by Gasteiger charge is -1.98. The van der Waals surface area contributed by atoms with Crippen LogP contribution in [-0.4, -0.2) is 11.2 Å². The Balaban J connectivity index is 0.000000280. The average Bonchev–Trinajstić information content (AvgIpc) is 2.31. The highest BCUT2D eigenvalue weighted by Crippen LogP contribution is 2.17. The maximum atomic E-state index is 8.78. The highest BCUT2D eigenvalue weighted by atomic mass is 16.4. The van der Waals surface area contributed by atoms with Crippen molar-refractivity contribution in [3.05, 3.63) is 60.7 Å². The van der Waals surface area contributed by atoms with Gasteiger partial charge in [0.25, 0.3) is 0 Å². The third kappa shape index (κ3) is 4.28. The molecule has 0 radical (unpaired) electrons. The minimum absolute atomic E-state index is 1.28. The standard InChI is InChI=1S/C12H10.CH3NO2/c1-3-7-11(8-4-1)12-9-5-2-6-10-12;2-1(3)4/h1-10H;2H2,(H,3,4). The average molecular weight is 215 g/mol. The molecule has 0 fully saturated rings. The molecule has 16 heavy (non-hydrogen) atoms. The number of nitrogens with two attached hydrogens (primary N) is 1. The summed E-state index contributed by atoms with van der Waals surface area (Å²) in [6, 6.07) is 20.8. The Bertz CT molecular complexity index is 385. The van der Waals surface area contributed by atoms with E-state index in [0.717, 1.165) is 0 Å². The molecule has 3 N–H and O–H groups in total. The highest BCUT2D eigenvalue weighted by Gasteiger charge is 1.91. The summed E-state index contributed by atoms with van der Waals surface area (Å²) in [6.07, 6.45) is -1.33. The van der Waals surface area contributed by atoms with Gasteiger partial charge in [0.15, 0.2) is 0 Å². The third-order valence-electron chi connectivity index (χ3n) is 1.88. The number of primary amides is 1. The SMILES string of the molecule is NC(=O)O.c1ccc(-c2ccccc2)cc1. The smallest absolute Gasteiger partial charge is 0.402 e. The molecule has 0 saturated heterocycles. The molecule has 2 rings (SSSR count). The maximum absolute atomic E-state index is 8.78. The van der Waals surface area contributed by atoms with Gasteiger partial charge in [0, 0.05) is 0 Å². The zero-order chi connectivity index (χ0) is 11.8. The van der Waals surface area contributed by atoms with Gasteiger partial charge in [-0.05, 0) is 11.1 Å². The first-order chi connectivity index (χ1) is 7.70. The van der Waals surface area contributed by atoms with E-state index in [9.17, 15) is 0 Å². The van der Waals surface area contributed by atoms with E-state index in [0.29, 0.717) is 0 Å². The van der Waals surface area contributed by atoms with Crippen molar-refractivity contribution in [3.63, 3.8) is 0 Å². The Hall–Kier alpha value is -2.29. The molecule has 0 aliphatic rings. The lowest BCUT2D eigenvalue weighted by Crippen LogP contribution is -2.03. The Kier molecular flexibility index (Phi) is 4.60. The van der Waals surface area contributed by atoms with E-state index in [2.05, 4.69) is 54.3 Å². The van der Waals surface area contributed by atoms with Crippen LogP contribution in [-0.2, 0) is 0 Å². The number of hydrogen-bond acceptors (Lipinski definition) is 1. The van der Waals surface area contributed by atoms with Crippen LogP contribution in [0, 0.1) is 0 Å². The molecular formula is C13H13NO2. The summed E-state index contributed by atoms with van der Waals surface area (Å²) in [5.41, 5.74) is 6.58. The maximum Gasteiger partial charge on any atom is 0.402 e. The molecule has 0 unspecified atom stereocenters. The van der Waals surface area contributed by atoms with E-state index in [1.165, 1.54) is 11.1 Å². The zero-order valence-corrected chi connectivity index (χ0v) is 8.71. The summed E-state index contributed by atoms with van der Waals surface area (Å²) in [5.74, 6) is 0. The van der Waals surface area contributed by atoms with Crippen LogP contribution in [0.2, 0.25) is 0 Å². The fourth-order valence-corrected chi connectivity index (χ4v) is 1.26. The molecule has 0 saturated carbocycles. The molecule has 2 aromatic carbocycles. The largest absolute Gasteiger partial charge is 0.465 e. The molecule has 0 aliphatic carbocycles. The fourth-order valence-electron chi connectivity index (χ4n) is 1.26. The van der Waals surface area contributed by atoms with Crippen molar-refractivity contribution < 1.29 is 9.90 Å². The zero-order valence-electron chi connectivity index (χ0n) is 8.71. The molecule has 3 nitrogen and oxygen atoms in total. The molecule has 0 aromatic heterocycles. The molecule has 0 spiro atoms. The Labute approximate surface area is 94.2 Å². The summed E-state index contributed by atoms with van der Waals surface area (Å²) in [6.45, 7) is 0. The molecule has 82 valence electrons. The minimum atomic E-state index is -1.33. The highest BCUT2D eigenvalue weighted by molar-refractivity contribution is 5.62. The first kappa shape index (κ1) is 11.8. The van der Waals surface area contributed by atoms with Crippen LogP contribution in [0.4, 0.5) is 4.79 Å². The van der Waals surface area contributed by atoms with Crippen LogP contribution in [0.15, 0.2) is 60.7 Å². The second-order valence-electron chi connectivity index (χ2n) is 3.07. The van der Waals surface area contributed by atoms with Gasteiger partial charge in [0.2, 0.25) is 0 Å². The van der Waals surface area contributed by atoms with Crippen LogP contribution in [0.5, 0.6) is 0 Å². The number of hydrogen-bond donors (Lipinski definition) is 2. The molecule has 0 aliphatic heterocycles. The minimum Gasteiger partial charge on any atom is -0.465 e. The van der Waals surface area contributed by atoms with Gasteiger partial charge in [-0.1, -0.05) is 60.7 Å². The number of rotatable bonds is 1. The van der Waals surface area contributed by atoms with Crippen LogP contribution in [0.3, 0.4) is 0 Å². The van der Waals surface area contributed by atoms with E-state index in [4.69, 9.17) is 9.90 Å². The molecule has 2 aromatic rings. The molecule has 1 amide bonds. The number of benzene rings is 2. The van der Waals surface area contributed by atoms with Crippen molar-refractivity contribution in [3.8, 4) is 11.1 Å². The van der Waals surface area contributed by atoms with E-state index >= 15 is 0 Å². The first-order valence-electron chi connectivity index (χ1n) is 4.79. The number of amides is 1. The summed E-state index contributed by atoms with van der Waals surface area (Å²) < 4.78 is 0. The van der Waals surface area contributed by atoms with Gasteiger partial charge in [0.05, 0.1) is 0 Å². The lowest BCUT2D eigenvalue weighted by atomic mass is 10.1. The van der Waals surface area contributed by atoms with Crippen molar-refractivity contribution in [2.45, 2.75) is 0 Å². The van der Waals surface area contributed by atoms with Gasteiger partial charge in [-0.15, -0.1) is 0 Å². The van der Waals surface area contributed by atoms with E-state index in [1.807, 2.05) is 12.1 Å². The molecule has 0 heterocycles. The lowest BCUT2D eigenvalue weighted by molar-refractivity contribution is 0.205. The third-order valence-corrected chi connectivity index (χ3v) is 1.88. The van der Waals surface area contributed by atoms with Crippen molar-refractivity contribution in [2.75, 3.05) is 0 Å². The van der Waals surface area contributed by atoms with Gasteiger partial charge in [-0.2, -0.15) is 0 Å². The molecule has 0 bridgehead atoms. The molecule has 3 heteroatoms.